The number of halogens is 1. The minimum atomic E-state index is 1.01. The molecule has 0 unspecified atom stereocenters. The Morgan fingerprint density at radius 2 is 2.23 bits per heavy atom. The van der Waals surface area contributed by atoms with Crippen molar-refractivity contribution in [3.63, 3.8) is 0 Å². The number of thiol groups is 1. The predicted octanol–water partition coefficient (Wildman–Crippen LogP) is 4.51. The third kappa shape index (κ3) is 1.65. The summed E-state index contributed by atoms with van der Waals surface area (Å²) in [5.41, 5.74) is 1.43. The van der Waals surface area contributed by atoms with Gasteiger partial charge in [0.05, 0.1) is 0 Å². The topological polar surface area (TPSA) is 0 Å². The lowest BCUT2D eigenvalue weighted by molar-refractivity contribution is 1.17. The Hall–Kier alpha value is 0.01000. The number of thiophene rings is 1. The lowest BCUT2D eigenvalue weighted by atomic mass is 10.1. The highest BCUT2D eigenvalue weighted by Gasteiger charge is 2.04. The van der Waals surface area contributed by atoms with Crippen LogP contribution >= 0.6 is 39.9 Å². The molecule has 0 N–H and O–H groups in total. The summed E-state index contributed by atoms with van der Waals surface area (Å²) in [7, 11) is 0. The second kappa shape index (κ2) is 3.64. The molecule has 0 fully saturated rings. The molecule has 3 heteroatoms. The van der Waals surface area contributed by atoms with Gasteiger partial charge in [-0.05, 0) is 50.8 Å². The molecule has 0 bridgehead atoms. The Balaban J connectivity index is 2.77. The van der Waals surface area contributed by atoms with Gasteiger partial charge in [0, 0.05) is 14.1 Å². The number of aryl methyl sites for hydroxylation is 1. The Kier molecular flexibility index (Phi) is 2.67. The van der Waals surface area contributed by atoms with Crippen molar-refractivity contribution in [1.29, 1.82) is 0 Å². The van der Waals surface area contributed by atoms with E-state index in [9.17, 15) is 0 Å². The molecule has 0 aliphatic heterocycles. The van der Waals surface area contributed by atoms with Gasteiger partial charge in [0.15, 0.2) is 0 Å². The molecule has 0 nitrogen and oxygen atoms in total. The maximum Gasteiger partial charge on any atom is 0.0357 e. The summed E-state index contributed by atoms with van der Waals surface area (Å²) in [6.07, 6.45) is 1.10. The van der Waals surface area contributed by atoms with E-state index < -0.39 is 0 Å². The van der Waals surface area contributed by atoms with E-state index in [4.69, 9.17) is 0 Å². The Labute approximate surface area is 95.5 Å². The highest BCUT2D eigenvalue weighted by molar-refractivity contribution is 9.10. The third-order valence-corrected chi connectivity index (χ3v) is 4.43. The zero-order chi connectivity index (χ0) is 9.42. The van der Waals surface area contributed by atoms with Crippen LogP contribution in [-0.2, 0) is 6.42 Å². The van der Waals surface area contributed by atoms with Gasteiger partial charge in [-0.15, -0.1) is 24.0 Å². The van der Waals surface area contributed by atoms with Crippen LogP contribution in [0.1, 0.15) is 12.5 Å². The molecule has 1 aromatic carbocycles. The highest BCUT2D eigenvalue weighted by atomic mass is 79.9. The fourth-order valence-electron chi connectivity index (χ4n) is 1.36. The lowest BCUT2D eigenvalue weighted by Gasteiger charge is -1.98. The molecule has 1 aromatic heterocycles. The number of hydrogen-bond donors (Lipinski definition) is 1. The number of benzene rings is 1. The van der Waals surface area contributed by atoms with Crippen LogP contribution in [0.25, 0.3) is 10.1 Å². The number of rotatable bonds is 1. The summed E-state index contributed by atoms with van der Waals surface area (Å²) in [5.74, 6) is 0. The van der Waals surface area contributed by atoms with E-state index in [0.717, 1.165) is 15.8 Å². The minimum absolute atomic E-state index is 1.01. The highest BCUT2D eigenvalue weighted by Crippen LogP contribution is 2.33. The van der Waals surface area contributed by atoms with Gasteiger partial charge in [-0.1, -0.05) is 6.92 Å². The Bertz CT molecular complexity index is 445. The molecular weight excluding hydrogens is 264 g/mol. The molecule has 0 atom stereocenters. The summed E-state index contributed by atoms with van der Waals surface area (Å²) in [4.78, 5) is 1.01. The van der Waals surface area contributed by atoms with Gasteiger partial charge in [0.2, 0.25) is 0 Å². The van der Waals surface area contributed by atoms with Crippen LogP contribution in [0.3, 0.4) is 0 Å². The zero-order valence-corrected chi connectivity index (χ0v) is 10.5. The standard InChI is InChI=1S/C10H9BrS2/c1-2-6-5-13-10-4-9(12)8(11)3-7(6)10/h3-5,12H,2H2,1H3. The maximum atomic E-state index is 4.37. The fraction of sp³-hybridized carbons (Fsp3) is 0.200. The first kappa shape index (κ1) is 9.56. The molecule has 0 saturated carbocycles. The summed E-state index contributed by atoms with van der Waals surface area (Å²) in [6, 6.07) is 4.28. The van der Waals surface area contributed by atoms with E-state index >= 15 is 0 Å². The SMILES string of the molecule is CCc1csc2cc(S)c(Br)cc12. The predicted molar refractivity (Wildman–Crippen MR) is 66.2 cm³/mol. The van der Waals surface area contributed by atoms with Crippen LogP contribution in [0.4, 0.5) is 0 Å². The summed E-state index contributed by atoms with van der Waals surface area (Å²) in [6.45, 7) is 2.18. The molecule has 0 saturated heterocycles. The molecule has 68 valence electrons. The average molecular weight is 273 g/mol. The minimum Gasteiger partial charge on any atom is -0.143 e. The van der Waals surface area contributed by atoms with Crippen molar-refractivity contribution in [3.05, 3.63) is 27.5 Å². The number of fused-ring (bicyclic) bond motifs is 1. The molecule has 2 aromatic rings. The van der Waals surface area contributed by atoms with Gasteiger partial charge in [-0.25, -0.2) is 0 Å². The van der Waals surface area contributed by atoms with Crippen LogP contribution in [0.2, 0.25) is 0 Å². The van der Waals surface area contributed by atoms with Crippen molar-refractivity contribution >= 4 is 50.0 Å². The second-order valence-electron chi connectivity index (χ2n) is 2.91. The van der Waals surface area contributed by atoms with E-state index in [1.807, 2.05) is 0 Å². The molecule has 0 spiro atoms. The lowest BCUT2D eigenvalue weighted by Crippen LogP contribution is -1.76. The van der Waals surface area contributed by atoms with Crippen LogP contribution in [-0.4, -0.2) is 0 Å². The van der Waals surface area contributed by atoms with Crippen molar-refractivity contribution < 1.29 is 0 Å². The first-order valence-electron chi connectivity index (χ1n) is 4.11. The van der Waals surface area contributed by atoms with E-state index in [-0.39, 0.29) is 0 Å². The van der Waals surface area contributed by atoms with Gasteiger partial charge in [-0.3, -0.25) is 0 Å². The maximum absolute atomic E-state index is 4.37. The molecule has 0 aliphatic rings. The monoisotopic (exact) mass is 272 g/mol. The van der Waals surface area contributed by atoms with Crippen molar-refractivity contribution in [2.45, 2.75) is 18.2 Å². The molecule has 13 heavy (non-hydrogen) atoms. The van der Waals surface area contributed by atoms with Crippen LogP contribution in [0.5, 0.6) is 0 Å². The average Bonchev–Trinajstić information content (AvgIpc) is 2.48. The van der Waals surface area contributed by atoms with E-state index in [1.54, 1.807) is 11.3 Å². The van der Waals surface area contributed by atoms with Crippen molar-refractivity contribution in [1.82, 2.24) is 0 Å². The largest absolute Gasteiger partial charge is 0.143 e. The second-order valence-corrected chi connectivity index (χ2v) is 5.16. The van der Waals surface area contributed by atoms with Crippen LogP contribution < -0.4 is 0 Å². The van der Waals surface area contributed by atoms with Gasteiger partial charge in [0.1, 0.15) is 0 Å². The first-order chi connectivity index (χ1) is 6.22. The first-order valence-corrected chi connectivity index (χ1v) is 6.23. The molecule has 2 rings (SSSR count). The molecule has 1 heterocycles. The molecule has 0 aliphatic carbocycles. The Morgan fingerprint density at radius 3 is 2.92 bits per heavy atom. The quantitative estimate of drug-likeness (QED) is 0.726. The van der Waals surface area contributed by atoms with E-state index in [0.29, 0.717) is 0 Å². The Morgan fingerprint density at radius 1 is 1.46 bits per heavy atom. The summed E-state index contributed by atoms with van der Waals surface area (Å²) < 4.78 is 2.40. The van der Waals surface area contributed by atoms with Gasteiger partial charge in [-0.2, -0.15) is 0 Å². The smallest absolute Gasteiger partial charge is 0.0357 e. The molecule has 0 amide bonds. The van der Waals surface area contributed by atoms with Gasteiger partial charge >= 0.3 is 0 Å². The van der Waals surface area contributed by atoms with Crippen LogP contribution in [0, 0.1) is 0 Å². The fourth-order valence-corrected chi connectivity index (χ4v) is 3.05. The summed E-state index contributed by atoms with van der Waals surface area (Å²) >= 11 is 9.66. The zero-order valence-electron chi connectivity index (χ0n) is 7.17. The van der Waals surface area contributed by atoms with Gasteiger partial charge < -0.3 is 0 Å². The van der Waals surface area contributed by atoms with Crippen molar-refractivity contribution in [2.75, 3.05) is 0 Å². The van der Waals surface area contributed by atoms with Crippen molar-refractivity contribution in [3.8, 4) is 0 Å². The van der Waals surface area contributed by atoms with E-state index in [1.165, 1.54) is 15.6 Å². The molecular formula is C10H9BrS2. The summed E-state index contributed by atoms with van der Waals surface area (Å²) in [5, 5.41) is 3.59. The van der Waals surface area contributed by atoms with Crippen molar-refractivity contribution in [2.24, 2.45) is 0 Å². The normalized spacial score (nSPS) is 11.0. The third-order valence-electron chi connectivity index (χ3n) is 2.10. The number of hydrogen-bond acceptors (Lipinski definition) is 2. The van der Waals surface area contributed by atoms with E-state index in [2.05, 4.69) is 53.0 Å². The molecule has 0 radical (unpaired) electrons. The van der Waals surface area contributed by atoms with Crippen LogP contribution in [0.15, 0.2) is 26.9 Å². The van der Waals surface area contributed by atoms with Gasteiger partial charge in [0.25, 0.3) is 0 Å².